The number of hydrogen-bond acceptors (Lipinski definition) is 6. The highest BCUT2D eigenvalue weighted by Gasteiger charge is 2.26. The van der Waals surface area contributed by atoms with Crippen LogP contribution in [0.25, 0.3) is 6.08 Å². The number of pyridine rings is 1. The summed E-state index contributed by atoms with van der Waals surface area (Å²) < 4.78 is 34.3. The van der Waals surface area contributed by atoms with Gasteiger partial charge in [-0.25, -0.2) is 9.98 Å². The summed E-state index contributed by atoms with van der Waals surface area (Å²) in [5, 5.41) is 6.08. The minimum absolute atomic E-state index is 0.106. The molecule has 0 radical (unpaired) electrons. The maximum Gasteiger partial charge on any atom is 0.387 e. The molecule has 3 N–H and O–H groups in total. The Kier molecular flexibility index (Phi) is 9.75. The van der Waals surface area contributed by atoms with E-state index in [0.717, 1.165) is 11.4 Å². The Labute approximate surface area is 187 Å². The van der Waals surface area contributed by atoms with Crippen LogP contribution in [0.1, 0.15) is 26.3 Å². The second-order valence-corrected chi connectivity index (χ2v) is 7.12. The Bertz CT molecular complexity index is 909. The molecular weight excluding hydrogens is 416 g/mol. The van der Waals surface area contributed by atoms with Crippen molar-refractivity contribution >= 4 is 29.6 Å². The number of alkyl halides is 2. The quantitative estimate of drug-likeness (QED) is 0.498. The molecule has 0 saturated carbocycles. The van der Waals surface area contributed by atoms with Gasteiger partial charge < -0.3 is 25.5 Å². The summed E-state index contributed by atoms with van der Waals surface area (Å²) in [4.78, 5) is 11.1. The van der Waals surface area contributed by atoms with Crippen molar-refractivity contribution in [3.05, 3.63) is 54.2 Å². The van der Waals surface area contributed by atoms with E-state index in [1.54, 1.807) is 43.5 Å². The highest BCUT2D eigenvalue weighted by Crippen LogP contribution is 2.25. The Balaban J connectivity index is 0.00000114. The third-order valence-corrected chi connectivity index (χ3v) is 4.47. The van der Waals surface area contributed by atoms with Crippen LogP contribution in [-0.4, -0.2) is 48.9 Å². The molecule has 2 unspecified atom stereocenters. The van der Waals surface area contributed by atoms with Crippen molar-refractivity contribution in [1.29, 1.82) is 5.41 Å². The Morgan fingerprint density at radius 3 is 2.47 bits per heavy atom. The summed E-state index contributed by atoms with van der Waals surface area (Å²) in [7, 11) is 0. The molecule has 0 amide bonds. The number of nitrogens with one attached hydrogen (secondary N) is 1. The zero-order valence-electron chi connectivity index (χ0n) is 18.4. The lowest BCUT2D eigenvalue weighted by molar-refractivity contribution is -0.0498. The van der Waals surface area contributed by atoms with Crippen molar-refractivity contribution < 1.29 is 18.3 Å². The molecule has 172 valence electrons. The van der Waals surface area contributed by atoms with Crippen molar-refractivity contribution in [2.75, 3.05) is 18.1 Å². The predicted molar refractivity (Wildman–Crippen MR) is 124 cm³/mol. The van der Waals surface area contributed by atoms with Crippen molar-refractivity contribution in [1.82, 2.24) is 4.98 Å². The number of aliphatic imine (C=N–C) groups is 1. The zero-order valence-corrected chi connectivity index (χ0v) is 18.4. The van der Waals surface area contributed by atoms with Crippen LogP contribution in [0.3, 0.4) is 0 Å². The van der Waals surface area contributed by atoms with Crippen LogP contribution >= 0.6 is 0 Å². The first kappa shape index (κ1) is 24.9. The summed E-state index contributed by atoms with van der Waals surface area (Å²) in [5.41, 5.74) is 7.50. The van der Waals surface area contributed by atoms with Gasteiger partial charge in [0, 0.05) is 12.3 Å². The van der Waals surface area contributed by atoms with Crippen molar-refractivity contribution in [2.45, 2.75) is 39.5 Å². The molecule has 1 aliphatic heterocycles. The van der Waals surface area contributed by atoms with Gasteiger partial charge in [-0.2, -0.15) is 8.78 Å². The topological polar surface area (TPSA) is 96.8 Å². The van der Waals surface area contributed by atoms with Crippen LogP contribution in [0, 0.1) is 5.41 Å². The maximum absolute atomic E-state index is 12.2. The number of amidine groups is 1. The van der Waals surface area contributed by atoms with Crippen LogP contribution in [0.2, 0.25) is 0 Å². The van der Waals surface area contributed by atoms with Crippen LogP contribution in [0.15, 0.2) is 53.7 Å². The first-order valence-corrected chi connectivity index (χ1v) is 10.2. The molecule has 32 heavy (non-hydrogen) atoms. The van der Waals surface area contributed by atoms with E-state index in [4.69, 9.17) is 15.9 Å². The molecule has 2 atom stereocenters. The molecule has 0 spiro atoms. The summed E-state index contributed by atoms with van der Waals surface area (Å²) in [6, 6.07) is 10.4. The van der Waals surface area contributed by atoms with Gasteiger partial charge >= 0.3 is 6.61 Å². The minimum atomic E-state index is -2.84. The fraction of sp³-hybridized carbons (Fsp3) is 0.348. The third-order valence-electron chi connectivity index (χ3n) is 4.47. The van der Waals surface area contributed by atoms with Gasteiger partial charge in [0.15, 0.2) is 0 Å². The van der Waals surface area contributed by atoms with Gasteiger partial charge in [-0.1, -0.05) is 18.2 Å². The first-order valence-electron chi connectivity index (χ1n) is 10.2. The largest absolute Gasteiger partial charge is 0.435 e. The minimum Gasteiger partial charge on any atom is -0.435 e. The summed E-state index contributed by atoms with van der Waals surface area (Å²) >= 11 is 0. The number of halogens is 2. The van der Waals surface area contributed by atoms with Gasteiger partial charge in [0.25, 0.3) is 0 Å². The van der Waals surface area contributed by atoms with E-state index in [9.17, 15) is 8.78 Å². The number of rotatable bonds is 6. The monoisotopic (exact) mass is 445 g/mol. The molecule has 1 aromatic carbocycles. The van der Waals surface area contributed by atoms with Crippen LogP contribution in [-0.2, 0) is 4.74 Å². The summed E-state index contributed by atoms with van der Waals surface area (Å²) in [5.74, 6) is 1.26. The number of benzene rings is 1. The lowest BCUT2D eigenvalue weighted by Crippen LogP contribution is -2.50. The Morgan fingerprint density at radius 2 is 1.88 bits per heavy atom. The van der Waals surface area contributed by atoms with Crippen LogP contribution < -0.4 is 15.4 Å². The Morgan fingerprint density at radius 1 is 1.25 bits per heavy atom. The number of aromatic nitrogens is 1. The lowest BCUT2D eigenvalue weighted by Gasteiger charge is -2.39. The molecule has 9 heteroatoms. The van der Waals surface area contributed by atoms with E-state index >= 15 is 0 Å². The molecule has 1 aromatic heterocycles. The lowest BCUT2D eigenvalue weighted by atomic mass is 10.1. The van der Waals surface area contributed by atoms with Gasteiger partial charge in [0.05, 0.1) is 31.0 Å². The number of nitrogens with two attached hydrogens (primary N) is 1. The molecule has 2 heterocycles. The fourth-order valence-electron chi connectivity index (χ4n) is 3.20. The summed E-state index contributed by atoms with van der Waals surface area (Å²) in [6.07, 6.45) is 6.37. The highest BCUT2D eigenvalue weighted by molar-refractivity contribution is 5.96. The maximum atomic E-state index is 12.2. The van der Waals surface area contributed by atoms with E-state index in [2.05, 4.69) is 33.5 Å². The molecular formula is C23H29F2N5O2. The molecule has 1 aliphatic rings. The van der Waals surface area contributed by atoms with Gasteiger partial charge in [0.2, 0.25) is 0 Å². The van der Waals surface area contributed by atoms with E-state index in [1.165, 1.54) is 18.3 Å². The van der Waals surface area contributed by atoms with E-state index in [1.807, 2.05) is 6.07 Å². The highest BCUT2D eigenvalue weighted by atomic mass is 19.3. The standard InChI is InChI=1S/C21H24F2N4O2.C2H5N/c1-14-12-28-13-15(2)27(14)20-11-17(9-10-25-20)26-19(24)8-5-16-3-6-18(7-4-16)29-21(22)23;1-2-3/h3-11,14-15,21H,12-13H2,1-2H3,(H2,24,25,26);2-3H,1H3/b8-5+;. The van der Waals surface area contributed by atoms with E-state index < -0.39 is 6.61 Å². The van der Waals surface area contributed by atoms with Gasteiger partial charge in [-0.3, -0.25) is 0 Å². The number of morpholine rings is 1. The average Bonchev–Trinajstić information content (AvgIpc) is 2.74. The molecule has 0 aliphatic carbocycles. The molecule has 2 aromatic rings. The SMILES string of the molecule is CC1COCC(C)N1c1cc(N=C(N)/C=C/c2ccc(OC(F)F)cc2)ccn1.CC=N. The number of nitrogens with zero attached hydrogens (tertiary/aromatic N) is 3. The van der Waals surface area contributed by atoms with Crippen LogP contribution in [0.4, 0.5) is 20.3 Å². The number of ether oxygens (including phenoxy) is 2. The van der Waals surface area contributed by atoms with E-state index in [0.29, 0.717) is 24.7 Å². The molecule has 0 bridgehead atoms. The first-order chi connectivity index (χ1) is 15.3. The van der Waals surface area contributed by atoms with E-state index in [-0.39, 0.29) is 17.8 Å². The average molecular weight is 446 g/mol. The number of hydrogen-bond donors (Lipinski definition) is 2. The van der Waals surface area contributed by atoms with Crippen molar-refractivity contribution in [3.63, 3.8) is 0 Å². The molecule has 3 rings (SSSR count). The van der Waals surface area contributed by atoms with Gasteiger partial charge in [-0.15, -0.1) is 0 Å². The summed E-state index contributed by atoms with van der Waals surface area (Å²) in [6.45, 7) is 4.34. The molecule has 7 nitrogen and oxygen atoms in total. The van der Waals surface area contributed by atoms with Crippen molar-refractivity contribution in [2.24, 2.45) is 10.7 Å². The predicted octanol–water partition coefficient (Wildman–Crippen LogP) is 4.65. The number of anilines is 1. The molecule has 1 saturated heterocycles. The second-order valence-electron chi connectivity index (χ2n) is 7.12. The smallest absolute Gasteiger partial charge is 0.387 e. The third kappa shape index (κ3) is 7.73. The fourth-order valence-corrected chi connectivity index (χ4v) is 3.20. The van der Waals surface area contributed by atoms with Crippen molar-refractivity contribution in [3.8, 4) is 5.75 Å². The van der Waals surface area contributed by atoms with Gasteiger partial charge in [0.1, 0.15) is 17.4 Å². The second kappa shape index (κ2) is 12.5. The van der Waals surface area contributed by atoms with Gasteiger partial charge in [-0.05, 0) is 56.8 Å². The normalized spacial score (nSPS) is 18.9. The van der Waals surface area contributed by atoms with Crippen LogP contribution in [0.5, 0.6) is 5.75 Å². The molecule has 1 fully saturated rings. The Hall–Kier alpha value is -3.33. The zero-order chi connectivity index (χ0) is 23.5.